The first-order valence-corrected chi connectivity index (χ1v) is 9.24. The molecule has 0 aromatic carbocycles. The van der Waals surface area contributed by atoms with Crippen molar-refractivity contribution in [3.63, 3.8) is 0 Å². The number of rotatable bonds is 2. The van der Waals surface area contributed by atoms with Gasteiger partial charge in [0, 0.05) is 44.0 Å². The third-order valence-corrected chi connectivity index (χ3v) is 5.32. The smallest absolute Gasteiger partial charge is 0.157 e. The molecule has 0 unspecified atom stereocenters. The normalized spacial score (nSPS) is 15.2. The Labute approximate surface area is 157 Å². The SMILES string of the molecule is Cc1cc(N2CCN(c3ccc4nc(C)c(C)n4n3)CC2)n2nccc2n1. The first-order valence-electron chi connectivity index (χ1n) is 9.24. The fourth-order valence-corrected chi connectivity index (χ4v) is 3.72. The standard InChI is InChI=1S/C19H22N8/c1-13-12-19(27-17(21-13)6-7-20-27)25-10-8-24(9-11-25)18-5-4-16-22-14(2)15(3)26(16)23-18/h4-7,12H,8-11H2,1-3H3. The van der Waals surface area contributed by atoms with Crippen molar-refractivity contribution in [2.45, 2.75) is 20.8 Å². The number of aromatic nitrogens is 6. The van der Waals surface area contributed by atoms with Gasteiger partial charge in [-0.15, -0.1) is 5.10 Å². The van der Waals surface area contributed by atoms with Gasteiger partial charge in [0.05, 0.1) is 17.6 Å². The molecule has 0 spiro atoms. The third kappa shape index (κ3) is 2.59. The highest BCUT2D eigenvalue weighted by Crippen LogP contribution is 2.21. The van der Waals surface area contributed by atoms with Crippen molar-refractivity contribution in [2.75, 3.05) is 36.0 Å². The molecule has 0 N–H and O–H groups in total. The van der Waals surface area contributed by atoms with Crippen LogP contribution < -0.4 is 9.80 Å². The molecule has 0 aliphatic carbocycles. The van der Waals surface area contributed by atoms with E-state index in [4.69, 9.17) is 5.10 Å². The second kappa shape index (κ2) is 5.94. The van der Waals surface area contributed by atoms with Crippen LogP contribution in [-0.2, 0) is 0 Å². The topological polar surface area (TPSA) is 66.9 Å². The monoisotopic (exact) mass is 362 g/mol. The van der Waals surface area contributed by atoms with Gasteiger partial charge in [0.2, 0.25) is 0 Å². The van der Waals surface area contributed by atoms with Crippen molar-refractivity contribution in [1.29, 1.82) is 0 Å². The molecule has 5 rings (SSSR count). The molecule has 4 aromatic rings. The summed E-state index contributed by atoms with van der Waals surface area (Å²) in [5.74, 6) is 2.10. The molecule has 1 saturated heterocycles. The van der Waals surface area contributed by atoms with Crippen molar-refractivity contribution in [2.24, 2.45) is 0 Å². The molecular weight excluding hydrogens is 340 g/mol. The van der Waals surface area contributed by atoms with Gasteiger partial charge in [0.25, 0.3) is 0 Å². The summed E-state index contributed by atoms with van der Waals surface area (Å²) < 4.78 is 3.86. The maximum absolute atomic E-state index is 4.81. The zero-order chi connectivity index (χ0) is 18.5. The Morgan fingerprint density at radius 3 is 2.37 bits per heavy atom. The van der Waals surface area contributed by atoms with Crippen LogP contribution in [0.3, 0.4) is 0 Å². The molecule has 4 aromatic heterocycles. The number of fused-ring (bicyclic) bond motifs is 2. The predicted octanol–water partition coefficient (Wildman–Crippen LogP) is 2.02. The number of anilines is 2. The van der Waals surface area contributed by atoms with Crippen molar-refractivity contribution in [3.8, 4) is 0 Å². The first-order chi connectivity index (χ1) is 13.1. The zero-order valence-electron chi connectivity index (χ0n) is 15.8. The molecule has 0 saturated carbocycles. The van der Waals surface area contributed by atoms with E-state index in [1.54, 1.807) is 6.20 Å². The maximum atomic E-state index is 4.81. The Hall–Kier alpha value is -3.16. The van der Waals surface area contributed by atoms with Crippen LogP contribution in [0.15, 0.2) is 30.5 Å². The molecule has 1 aliphatic rings. The summed E-state index contributed by atoms with van der Waals surface area (Å²) in [6.07, 6.45) is 1.80. The highest BCUT2D eigenvalue weighted by atomic mass is 15.4. The number of hydrogen-bond donors (Lipinski definition) is 0. The molecule has 8 nitrogen and oxygen atoms in total. The second-order valence-corrected chi connectivity index (χ2v) is 7.08. The van der Waals surface area contributed by atoms with E-state index in [1.165, 1.54) is 0 Å². The van der Waals surface area contributed by atoms with Crippen LogP contribution in [0.25, 0.3) is 11.3 Å². The van der Waals surface area contributed by atoms with Crippen molar-refractivity contribution >= 4 is 22.9 Å². The Morgan fingerprint density at radius 1 is 0.815 bits per heavy atom. The van der Waals surface area contributed by atoms with Crippen molar-refractivity contribution in [3.05, 3.63) is 47.5 Å². The molecule has 0 atom stereocenters. The Morgan fingerprint density at radius 2 is 1.56 bits per heavy atom. The lowest BCUT2D eigenvalue weighted by Crippen LogP contribution is -2.47. The van der Waals surface area contributed by atoms with E-state index >= 15 is 0 Å². The van der Waals surface area contributed by atoms with Crippen LogP contribution in [0.4, 0.5) is 11.6 Å². The summed E-state index contributed by atoms with van der Waals surface area (Å²) in [5.41, 5.74) is 4.93. The van der Waals surface area contributed by atoms with Crippen LogP contribution in [0.5, 0.6) is 0 Å². The van der Waals surface area contributed by atoms with E-state index in [2.05, 4.69) is 43.9 Å². The quantitative estimate of drug-likeness (QED) is 0.544. The van der Waals surface area contributed by atoms with E-state index in [9.17, 15) is 0 Å². The van der Waals surface area contributed by atoms with Gasteiger partial charge in [0.15, 0.2) is 11.3 Å². The molecule has 1 aliphatic heterocycles. The lowest BCUT2D eigenvalue weighted by atomic mass is 10.3. The minimum atomic E-state index is 0.894. The lowest BCUT2D eigenvalue weighted by molar-refractivity contribution is 0.628. The molecule has 0 amide bonds. The Kier molecular flexibility index (Phi) is 3.53. The van der Waals surface area contributed by atoms with E-state index in [0.717, 1.165) is 66.2 Å². The van der Waals surface area contributed by atoms with Crippen LogP contribution in [0.2, 0.25) is 0 Å². The molecule has 8 heteroatoms. The number of piperazine rings is 1. The molecule has 27 heavy (non-hydrogen) atoms. The molecule has 1 fully saturated rings. The average molecular weight is 362 g/mol. The van der Waals surface area contributed by atoms with Crippen LogP contribution in [0.1, 0.15) is 17.1 Å². The Balaban J connectivity index is 1.40. The van der Waals surface area contributed by atoms with Crippen LogP contribution in [0, 0.1) is 20.8 Å². The summed E-state index contributed by atoms with van der Waals surface area (Å²) in [4.78, 5) is 13.8. The minimum absolute atomic E-state index is 0.894. The van der Waals surface area contributed by atoms with Gasteiger partial charge in [-0.3, -0.25) is 0 Å². The van der Waals surface area contributed by atoms with Gasteiger partial charge in [0.1, 0.15) is 11.6 Å². The fraction of sp³-hybridized carbons (Fsp3) is 0.368. The lowest BCUT2D eigenvalue weighted by Gasteiger charge is -2.36. The fourth-order valence-electron chi connectivity index (χ4n) is 3.72. The van der Waals surface area contributed by atoms with Crippen molar-refractivity contribution in [1.82, 2.24) is 29.2 Å². The summed E-state index contributed by atoms with van der Waals surface area (Å²) in [6.45, 7) is 9.77. The summed E-state index contributed by atoms with van der Waals surface area (Å²) in [7, 11) is 0. The van der Waals surface area contributed by atoms with E-state index in [1.807, 2.05) is 35.0 Å². The number of imidazole rings is 1. The number of nitrogens with zero attached hydrogens (tertiary/aromatic N) is 8. The Bertz CT molecular complexity index is 1130. The maximum Gasteiger partial charge on any atom is 0.157 e. The molecule has 0 radical (unpaired) electrons. The number of hydrogen-bond acceptors (Lipinski definition) is 6. The van der Waals surface area contributed by atoms with E-state index in [0.29, 0.717) is 0 Å². The molecule has 5 heterocycles. The number of aryl methyl sites for hydroxylation is 3. The molecule has 138 valence electrons. The summed E-state index contributed by atoms with van der Waals surface area (Å²) in [6, 6.07) is 8.17. The highest BCUT2D eigenvalue weighted by molar-refractivity contribution is 5.53. The van der Waals surface area contributed by atoms with Gasteiger partial charge >= 0.3 is 0 Å². The van der Waals surface area contributed by atoms with Crippen LogP contribution >= 0.6 is 0 Å². The molecular formula is C19H22N8. The predicted molar refractivity (Wildman–Crippen MR) is 105 cm³/mol. The van der Waals surface area contributed by atoms with Crippen LogP contribution in [-0.4, -0.2) is 55.4 Å². The zero-order valence-corrected chi connectivity index (χ0v) is 15.8. The van der Waals surface area contributed by atoms with Gasteiger partial charge in [-0.05, 0) is 32.9 Å². The van der Waals surface area contributed by atoms with E-state index in [-0.39, 0.29) is 0 Å². The largest absolute Gasteiger partial charge is 0.353 e. The third-order valence-electron chi connectivity index (χ3n) is 5.32. The van der Waals surface area contributed by atoms with Gasteiger partial charge in [-0.2, -0.15) is 9.61 Å². The highest BCUT2D eigenvalue weighted by Gasteiger charge is 2.21. The average Bonchev–Trinajstić information content (AvgIpc) is 3.25. The van der Waals surface area contributed by atoms with Gasteiger partial charge in [-0.25, -0.2) is 14.5 Å². The molecule has 0 bridgehead atoms. The van der Waals surface area contributed by atoms with Crippen molar-refractivity contribution < 1.29 is 0 Å². The van der Waals surface area contributed by atoms with E-state index < -0.39 is 0 Å². The first kappa shape index (κ1) is 16.0. The minimum Gasteiger partial charge on any atom is -0.353 e. The summed E-state index contributed by atoms with van der Waals surface area (Å²) in [5, 5.41) is 9.24. The van der Waals surface area contributed by atoms with Gasteiger partial charge in [-0.1, -0.05) is 0 Å². The summed E-state index contributed by atoms with van der Waals surface area (Å²) >= 11 is 0. The second-order valence-electron chi connectivity index (χ2n) is 7.08. The van der Waals surface area contributed by atoms with Gasteiger partial charge < -0.3 is 9.80 Å².